The summed E-state index contributed by atoms with van der Waals surface area (Å²) in [5, 5.41) is 5.10. The van der Waals surface area contributed by atoms with Gasteiger partial charge < -0.3 is 10.6 Å². The molecule has 2 aromatic rings. The number of hydrogen-bond acceptors (Lipinski definition) is 6. The van der Waals surface area contributed by atoms with Crippen LogP contribution in [0.15, 0.2) is 64.6 Å². The van der Waals surface area contributed by atoms with E-state index in [4.69, 9.17) is 5.73 Å². The van der Waals surface area contributed by atoms with E-state index in [1.807, 2.05) is 0 Å². The topological polar surface area (TPSA) is 96.6 Å². The summed E-state index contributed by atoms with van der Waals surface area (Å²) < 4.78 is 52.4. The Bertz CT molecular complexity index is 1050. The molecule has 9 heteroatoms. The standard InChI is InChI=1S/C19H20F2N4O2S/c1-12(2)28(26,27)17-6-4-3-5-16(17)24-18-7-8-23-19(22,25-18)13-9-14(20)11-15(21)10-13/h3-12,23H,22H2,1-2H3,(H,24,25). The van der Waals surface area contributed by atoms with Gasteiger partial charge in [0.25, 0.3) is 0 Å². The second-order valence-electron chi connectivity index (χ2n) is 6.61. The number of nitrogens with two attached hydrogens (primary N) is 1. The average Bonchev–Trinajstić information content (AvgIpc) is 2.61. The number of sulfone groups is 1. The van der Waals surface area contributed by atoms with E-state index in [1.54, 1.807) is 38.1 Å². The van der Waals surface area contributed by atoms with Gasteiger partial charge in [0.15, 0.2) is 9.84 Å². The molecule has 2 aromatic carbocycles. The summed E-state index contributed by atoms with van der Waals surface area (Å²) in [7, 11) is -3.54. The van der Waals surface area contributed by atoms with Gasteiger partial charge in [-0.3, -0.25) is 5.73 Å². The van der Waals surface area contributed by atoms with E-state index in [-0.39, 0.29) is 16.3 Å². The monoisotopic (exact) mass is 406 g/mol. The molecule has 1 aliphatic heterocycles. The van der Waals surface area contributed by atoms with Crippen LogP contribution >= 0.6 is 0 Å². The number of nitrogens with zero attached hydrogens (tertiary/aromatic N) is 1. The molecule has 0 fully saturated rings. The third kappa shape index (κ3) is 3.90. The van der Waals surface area contributed by atoms with Crippen LogP contribution in [0.2, 0.25) is 0 Å². The molecule has 28 heavy (non-hydrogen) atoms. The fourth-order valence-corrected chi connectivity index (χ4v) is 3.91. The Hall–Kier alpha value is -2.78. The van der Waals surface area contributed by atoms with Crippen LogP contribution in [0.5, 0.6) is 0 Å². The van der Waals surface area contributed by atoms with Crippen LogP contribution in [0, 0.1) is 11.6 Å². The van der Waals surface area contributed by atoms with Gasteiger partial charge in [-0.1, -0.05) is 12.1 Å². The number of rotatable bonds is 4. The Morgan fingerprint density at radius 2 is 1.79 bits per heavy atom. The van der Waals surface area contributed by atoms with Gasteiger partial charge in [-0.15, -0.1) is 0 Å². The highest BCUT2D eigenvalue weighted by Gasteiger charge is 2.30. The van der Waals surface area contributed by atoms with Gasteiger partial charge in [-0.05, 0) is 44.2 Å². The number of nitrogens with one attached hydrogen (secondary N) is 2. The lowest BCUT2D eigenvalue weighted by atomic mass is 10.1. The van der Waals surface area contributed by atoms with Crippen molar-refractivity contribution in [3.05, 3.63) is 71.9 Å². The minimum Gasteiger partial charge on any atom is -0.351 e. The molecule has 1 atom stereocenters. The van der Waals surface area contributed by atoms with Crippen molar-refractivity contribution >= 4 is 21.4 Å². The number of amidine groups is 1. The molecule has 3 rings (SSSR count). The predicted octanol–water partition coefficient (Wildman–Crippen LogP) is 2.84. The van der Waals surface area contributed by atoms with Crippen molar-refractivity contribution in [2.45, 2.75) is 29.8 Å². The minimum atomic E-state index is -3.54. The first-order chi connectivity index (χ1) is 13.1. The lowest BCUT2D eigenvalue weighted by Gasteiger charge is -2.30. The van der Waals surface area contributed by atoms with Crippen LogP contribution in [0.4, 0.5) is 14.5 Å². The Labute approximate surface area is 162 Å². The summed E-state index contributed by atoms with van der Waals surface area (Å²) in [6, 6.07) is 9.31. The van der Waals surface area contributed by atoms with Gasteiger partial charge in [0.2, 0.25) is 5.79 Å². The summed E-state index contributed by atoms with van der Waals surface area (Å²) in [4.78, 5) is 4.41. The number of benzene rings is 2. The van der Waals surface area contributed by atoms with Gasteiger partial charge in [-0.2, -0.15) is 0 Å². The van der Waals surface area contributed by atoms with Gasteiger partial charge in [0.05, 0.1) is 15.8 Å². The van der Waals surface area contributed by atoms with E-state index in [1.165, 1.54) is 12.3 Å². The maximum Gasteiger partial charge on any atom is 0.211 e. The molecule has 0 saturated heterocycles. The van der Waals surface area contributed by atoms with Crippen LogP contribution in [0.1, 0.15) is 19.4 Å². The molecule has 0 spiro atoms. The summed E-state index contributed by atoms with van der Waals surface area (Å²) in [5.41, 5.74) is 6.60. The molecule has 0 aromatic heterocycles. The van der Waals surface area contributed by atoms with Crippen LogP contribution in [-0.4, -0.2) is 19.5 Å². The van der Waals surface area contributed by atoms with Crippen LogP contribution in [0.25, 0.3) is 0 Å². The van der Waals surface area contributed by atoms with E-state index in [2.05, 4.69) is 15.6 Å². The van der Waals surface area contributed by atoms with Gasteiger partial charge in [-0.25, -0.2) is 22.2 Å². The lowest BCUT2D eigenvalue weighted by Crippen LogP contribution is -2.49. The molecule has 0 bridgehead atoms. The molecular weight excluding hydrogens is 386 g/mol. The predicted molar refractivity (Wildman–Crippen MR) is 104 cm³/mol. The average molecular weight is 406 g/mol. The van der Waals surface area contributed by atoms with E-state index in [0.29, 0.717) is 5.69 Å². The highest BCUT2D eigenvalue weighted by Crippen LogP contribution is 2.27. The largest absolute Gasteiger partial charge is 0.351 e. The highest BCUT2D eigenvalue weighted by molar-refractivity contribution is 7.92. The Balaban J connectivity index is 1.99. The zero-order chi connectivity index (χ0) is 20.5. The zero-order valence-corrected chi connectivity index (χ0v) is 16.1. The Kier molecular flexibility index (Phi) is 5.22. The van der Waals surface area contributed by atoms with E-state index >= 15 is 0 Å². The van der Waals surface area contributed by atoms with Crippen LogP contribution in [-0.2, 0) is 15.6 Å². The second kappa shape index (κ2) is 7.33. The summed E-state index contributed by atoms with van der Waals surface area (Å²) in [5.74, 6) is -2.95. The third-order valence-corrected chi connectivity index (χ3v) is 6.43. The maximum atomic E-state index is 13.6. The molecule has 6 nitrogen and oxygen atoms in total. The molecule has 1 aliphatic rings. The number of halogens is 2. The number of hydrogen-bond donors (Lipinski definition) is 3. The van der Waals surface area contributed by atoms with Crippen molar-refractivity contribution in [1.82, 2.24) is 5.32 Å². The first-order valence-electron chi connectivity index (χ1n) is 8.51. The molecule has 0 amide bonds. The maximum absolute atomic E-state index is 13.6. The van der Waals surface area contributed by atoms with Crippen molar-refractivity contribution in [3.63, 3.8) is 0 Å². The fraction of sp³-hybridized carbons (Fsp3) is 0.211. The van der Waals surface area contributed by atoms with Crippen molar-refractivity contribution in [2.75, 3.05) is 5.32 Å². The second-order valence-corrected chi connectivity index (χ2v) is 9.09. The molecule has 148 valence electrons. The van der Waals surface area contributed by atoms with E-state index in [9.17, 15) is 17.2 Å². The Morgan fingerprint density at radius 3 is 2.43 bits per heavy atom. The van der Waals surface area contributed by atoms with Crippen LogP contribution < -0.4 is 16.4 Å². The van der Waals surface area contributed by atoms with Crippen molar-refractivity contribution in [2.24, 2.45) is 10.7 Å². The Morgan fingerprint density at radius 1 is 1.14 bits per heavy atom. The summed E-state index contributed by atoms with van der Waals surface area (Å²) >= 11 is 0. The number of aliphatic imine (C=N–C) groups is 1. The van der Waals surface area contributed by atoms with Gasteiger partial charge >= 0.3 is 0 Å². The fourth-order valence-electron chi connectivity index (χ4n) is 2.71. The van der Waals surface area contributed by atoms with E-state index < -0.39 is 32.5 Å². The van der Waals surface area contributed by atoms with Crippen molar-refractivity contribution < 1.29 is 17.2 Å². The molecular formula is C19H20F2N4O2S. The third-order valence-electron chi connectivity index (χ3n) is 4.22. The molecule has 0 aliphatic carbocycles. The van der Waals surface area contributed by atoms with Crippen molar-refractivity contribution in [3.8, 4) is 0 Å². The lowest BCUT2D eigenvalue weighted by molar-refractivity contribution is 0.404. The van der Waals surface area contributed by atoms with Crippen molar-refractivity contribution in [1.29, 1.82) is 0 Å². The highest BCUT2D eigenvalue weighted by atomic mass is 32.2. The summed E-state index contributed by atoms with van der Waals surface area (Å²) in [6.07, 6.45) is 3.01. The van der Waals surface area contributed by atoms with Crippen LogP contribution in [0.3, 0.4) is 0 Å². The molecule has 0 saturated carbocycles. The number of anilines is 1. The smallest absolute Gasteiger partial charge is 0.211 e. The van der Waals surface area contributed by atoms with Gasteiger partial charge in [0, 0.05) is 17.8 Å². The summed E-state index contributed by atoms with van der Waals surface area (Å²) in [6.45, 7) is 3.19. The quantitative estimate of drug-likeness (QED) is 0.726. The zero-order valence-electron chi connectivity index (χ0n) is 15.3. The van der Waals surface area contributed by atoms with Gasteiger partial charge in [0.1, 0.15) is 17.5 Å². The molecule has 1 heterocycles. The molecule has 1 unspecified atom stereocenters. The first kappa shape index (κ1) is 20.0. The minimum absolute atomic E-state index is 0.0803. The molecule has 0 radical (unpaired) electrons. The molecule has 4 N–H and O–H groups in total. The number of para-hydroxylation sites is 1. The van der Waals surface area contributed by atoms with E-state index in [0.717, 1.165) is 18.2 Å². The first-order valence-corrected chi connectivity index (χ1v) is 10.1. The SMILES string of the molecule is CC(C)S(=O)(=O)c1ccccc1NC1=NC(N)(c2cc(F)cc(F)c2)NC=C1. The normalized spacial score (nSPS) is 19.3.